The van der Waals surface area contributed by atoms with Crippen LogP contribution in [0, 0.1) is 0 Å². The number of fused-ring (bicyclic) bond motifs is 1. The number of aryl methyl sites for hydroxylation is 1. The van der Waals surface area contributed by atoms with Crippen LogP contribution in [-0.2, 0) is 12.8 Å². The lowest BCUT2D eigenvalue weighted by atomic mass is 9.85. The van der Waals surface area contributed by atoms with E-state index in [0.29, 0.717) is 16.8 Å². The summed E-state index contributed by atoms with van der Waals surface area (Å²) in [6.07, 6.45) is 4.62. The number of hydrogen-bond donors (Lipinski definition) is 0. The van der Waals surface area contributed by atoms with Crippen LogP contribution in [0.4, 0.5) is 0 Å². The number of carbonyl (C=O) groups is 1. The molecule has 1 aliphatic carbocycles. The molecule has 3 aromatic rings. The average molecular weight is 476 g/mol. The van der Waals surface area contributed by atoms with Crippen molar-refractivity contribution in [3.8, 4) is 11.1 Å². The Morgan fingerprint density at radius 2 is 1.74 bits per heavy atom. The van der Waals surface area contributed by atoms with Crippen LogP contribution in [0.15, 0.2) is 60.8 Å². The van der Waals surface area contributed by atoms with Gasteiger partial charge < -0.3 is 4.90 Å². The molecule has 178 valence electrons. The molecule has 0 fully saturated rings. The van der Waals surface area contributed by atoms with Crippen LogP contribution >= 0.6 is 11.6 Å². The van der Waals surface area contributed by atoms with Crippen LogP contribution in [0.3, 0.4) is 0 Å². The fourth-order valence-electron chi connectivity index (χ4n) is 5.01. The van der Waals surface area contributed by atoms with Gasteiger partial charge in [0.25, 0.3) is 5.91 Å². The summed E-state index contributed by atoms with van der Waals surface area (Å²) in [4.78, 5) is 22.0. The minimum atomic E-state index is -0.0251. The lowest BCUT2D eigenvalue weighted by Crippen LogP contribution is -2.41. The first kappa shape index (κ1) is 24.4. The quantitative estimate of drug-likeness (QED) is 0.394. The van der Waals surface area contributed by atoms with E-state index >= 15 is 0 Å². The van der Waals surface area contributed by atoms with E-state index in [1.807, 2.05) is 48.3 Å². The van der Waals surface area contributed by atoms with Crippen LogP contribution in [0.1, 0.15) is 60.4 Å². The van der Waals surface area contributed by atoms with E-state index in [1.54, 1.807) is 6.20 Å². The van der Waals surface area contributed by atoms with E-state index in [9.17, 15) is 4.79 Å². The summed E-state index contributed by atoms with van der Waals surface area (Å²) in [5.41, 5.74) is 6.65. The second kappa shape index (κ2) is 10.7. The first-order valence-electron chi connectivity index (χ1n) is 12.3. The first-order chi connectivity index (χ1) is 16.4. The predicted molar refractivity (Wildman–Crippen MR) is 140 cm³/mol. The monoisotopic (exact) mass is 475 g/mol. The SMILES string of the molecule is CCN(CC)C(C)c1ccc2c(c1)CCC(N(C)C(=O)c1ccc(-c3ccc(Cl)cc3)cn1)C2. The van der Waals surface area contributed by atoms with Crippen molar-refractivity contribution in [3.05, 3.63) is 88.2 Å². The number of pyridine rings is 1. The average Bonchev–Trinajstić information content (AvgIpc) is 2.88. The molecule has 1 aromatic heterocycles. The molecule has 34 heavy (non-hydrogen) atoms. The van der Waals surface area contributed by atoms with Crippen LogP contribution in [0.2, 0.25) is 5.02 Å². The van der Waals surface area contributed by atoms with Crippen molar-refractivity contribution >= 4 is 17.5 Å². The highest BCUT2D eigenvalue weighted by molar-refractivity contribution is 6.30. The lowest BCUT2D eigenvalue weighted by Gasteiger charge is -2.33. The Kier molecular flexibility index (Phi) is 7.70. The molecule has 0 saturated carbocycles. The second-order valence-corrected chi connectivity index (χ2v) is 9.61. The topological polar surface area (TPSA) is 36.4 Å². The molecule has 1 amide bonds. The molecular weight excluding hydrogens is 442 g/mol. The number of carbonyl (C=O) groups excluding carboxylic acids is 1. The number of likely N-dealkylation sites (N-methyl/N-ethyl adjacent to an activating group) is 1. The number of halogens is 1. The molecule has 1 heterocycles. The van der Waals surface area contributed by atoms with Crippen molar-refractivity contribution in [3.63, 3.8) is 0 Å². The molecule has 4 rings (SSSR count). The third-order valence-corrected chi connectivity index (χ3v) is 7.56. The maximum atomic E-state index is 13.2. The Hall–Kier alpha value is -2.69. The van der Waals surface area contributed by atoms with Crippen LogP contribution in [-0.4, -0.2) is 46.9 Å². The maximum Gasteiger partial charge on any atom is 0.272 e. The number of benzene rings is 2. The van der Waals surface area contributed by atoms with E-state index in [-0.39, 0.29) is 11.9 Å². The molecule has 5 heteroatoms. The van der Waals surface area contributed by atoms with E-state index in [4.69, 9.17) is 11.6 Å². The molecule has 1 aliphatic rings. The molecular formula is C29H34ClN3O. The fraction of sp³-hybridized carbons (Fsp3) is 0.379. The summed E-state index contributed by atoms with van der Waals surface area (Å²) in [6, 6.07) is 18.9. The van der Waals surface area contributed by atoms with Gasteiger partial charge in [-0.05, 0) is 79.7 Å². The second-order valence-electron chi connectivity index (χ2n) is 9.18. The highest BCUT2D eigenvalue weighted by atomic mass is 35.5. The molecule has 2 unspecified atom stereocenters. The number of hydrogen-bond acceptors (Lipinski definition) is 3. The Bertz CT molecular complexity index is 1120. The molecule has 0 saturated heterocycles. The molecule has 4 nitrogen and oxygen atoms in total. The van der Waals surface area contributed by atoms with Crippen molar-refractivity contribution in [1.82, 2.24) is 14.8 Å². The van der Waals surface area contributed by atoms with Crippen molar-refractivity contribution in [1.29, 1.82) is 0 Å². The van der Waals surface area contributed by atoms with Crippen molar-refractivity contribution in [2.75, 3.05) is 20.1 Å². The zero-order chi connectivity index (χ0) is 24.2. The van der Waals surface area contributed by atoms with Gasteiger partial charge in [0.1, 0.15) is 5.69 Å². The normalized spacial score (nSPS) is 16.2. The molecule has 0 spiro atoms. The molecule has 0 N–H and O–H groups in total. The van der Waals surface area contributed by atoms with Crippen molar-refractivity contribution < 1.29 is 4.79 Å². The van der Waals surface area contributed by atoms with E-state index in [0.717, 1.165) is 43.5 Å². The van der Waals surface area contributed by atoms with Gasteiger partial charge in [0.15, 0.2) is 0 Å². The van der Waals surface area contributed by atoms with Gasteiger partial charge in [0.05, 0.1) is 0 Å². The zero-order valence-electron chi connectivity index (χ0n) is 20.6. The Morgan fingerprint density at radius 3 is 2.38 bits per heavy atom. The van der Waals surface area contributed by atoms with Crippen LogP contribution in [0.5, 0.6) is 0 Å². The number of nitrogens with zero attached hydrogens (tertiary/aromatic N) is 3. The highest BCUT2D eigenvalue weighted by Crippen LogP contribution is 2.29. The van der Waals surface area contributed by atoms with Gasteiger partial charge in [0.2, 0.25) is 0 Å². The molecule has 2 aromatic carbocycles. The van der Waals surface area contributed by atoms with Crippen LogP contribution < -0.4 is 0 Å². The van der Waals surface area contributed by atoms with E-state index < -0.39 is 0 Å². The summed E-state index contributed by atoms with van der Waals surface area (Å²) in [5.74, 6) is -0.0251. The minimum absolute atomic E-state index is 0.0251. The van der Waals surface area contributed by atoms with Crippen molar-refractivity contribution in [2.24, 2.45) is 0 Å². The van der Waals surface area contributed by atoms with Crippen molar-refractivity contribution in [2.45, 2.75) is 52.1 Å². The summed E-state index contributed by atoms with van der Waals surface area (Å²) < 4.78 is 0. The fourth-order valence-corrected chi connectivity index (χ4v) is 5.13. The Labute approximate surface area is 208 Å². The van der Waals surface area contributed by atoms with Gasteiger partial charge in [-0.2, -0.15) is 0 Å². The largest absolute Gasteiger partial charge is 0.337 e. The molecule has 0 bridgehead atoms. The number of aromatic nitrogens is 1. The Balaban J connectivity index is 1.44. The molecule has 0 aliphatic heterocycles. The lowest BCUT2D eigenvalue weighted by molar-refractivity contribution is 0.0713. The van der Waals surface area contributed by atoms with E-state index in [1.165, 1.54) is 16.7 Å². The van der Waals surface area contributed by atoms with Gasteiger partial charge in [-0.25, -0.2) is 0 Å². The third kappa shape index (κ3) is 5.18. The smallest absolute Gasteiger partial charge is 0.272 e. The Morgan fingerprint density at radius 1 is 1.03 bits per heavy atom. The van der Waals surface area contributed by atoms with Gasteiger partial charge in [0, 0.05) is 35.9 Å². The number of rotatable bonds is 7. The third-order valence-electron chi connectivity index (χ3n) is 7.30. The van der Waals surface area contributed by atoms with E-state index in [2.05, 4.69) is 48.9 Å². The summed E-state index contributed by atoms with van der Waals surface area (Å²) in [6.45, 7) is 8.83. The first-order valence-corrected chi connectivity index (χ1v) is 12.6. The maximum absolute atomic E-state index is 13.2. The summed E-state index contributed by atoms with van der Waals surface area (Å²) >= 11 is 5.98. The highest BCUT2D eigenvalue weighted by Gasteiger charge is 2.27. The zero-order valence-corrected chi connectivity index (χ0v) is 21.3. The van der Waals surface area contributed by atoms with Gasteiger partial charge >= 0.3 is 0 Å². The van der Waals surface area contributed by atoms with Gasteiger partial charge in [-0.3, -0.25) is 14.7 Å². The molecule has 0 radical (unpaired) electrons. The predicted octanol–water partition coefficient (Wildman–Crippen LogP) is 6.43. The standard InChI is InChI=1S/C29H34ClN3O/c1-5-33(6-2)20(3)22-7-8-24-18-27(15-11-23(24)17-22)32(4)29(34)28-16-12-25(19-31-28)21-9-13-26(30)14-10-21/h7-10,12-14,16-17,19-20,27H,5-6,11,15,18H2,1-4H3. The molecule has 2 atom stereocenters. The van der Waals surface area contributed by atoms with Gasteiger partial charge in [-0.1, -0.05) is 61.8 Å². The van der Waals surface area contributed by atoms with Crippen LogP contribution in [0.25, 0.3) is 11.1 Å². The summed E-state index contributed by atoms with van der Waals surface area (Å²) in [7, 11) is 1.91. The number of amides is 1. The minimum Gasteiger partial charge on any atom is -0.337 e. The van der Waals surface area contributed by atoms with Gasteiger partial charge in [-0.15, -0.1) is 0 Å². The summed E-state index contributed by atoms with van der Waals surface area (Å²) in [5, 5.41) is 0.703.